The summed E-state index contributed by atoms with van der Waals surface area (Å²) in [7, 11) is 0. The molecule has 1 aromatic rings. The second-order valence-corrected chi connectivity index (χ2v) is 8.79. The van der Waals surface area contributed by atoms with Crippen molar-refractivity contribution >= 4 is 11.7 Å². The lowest BCUT2D eigenvalue weighted by Gasteiger charge is -2.40. The molecule has 9 heteroatoms. The van der Waals surface area contributed by atoms with E-state index in [-0.39, 0.29) is 0 Å². The van der Waals surface area contributed by atoms with E-state index in [2.05, 4.69) is 10.2 Å². The average Bonchev–Trinajstić information content (AvgIpc) is 3.10. The quantitative estimate of drug-likeness (QED) is 0.450. The van der Waals surface area contributed by atoms with E-state index in [1.807, 2.05) is 12.1 Å². The monoisotopic (exact) mass is 420 g/mol. The minimum Gasteiger partial charge on any atom is -0.479 e. The molecule has 0 radical (unpaired) electrons. The molecule has 9 nitrogen and oxygen atoms in total. The topological polar surface area (TPSA) is 132 Å². The summed E-state index contributed by atoms with van der Waals surface area (Å²) in [5.41, 5.74) is 3.60. The highest BCUT2D eigenvalue weighted by molar-refractivity contribution is 5.73. The van der Waals surface area contributed by atoms with Crippen LogP contribution in [0.1, 0.15) is 36.3 Å². The SMILES string of the molecule is O=C(O)C1OC(Oc2cc3c4c(c2)C2CCCC2CN4CCNC3)C(O)C(O)C1O. The maximum absolute atomic E-state index is 11.4. The molecule has 3 heterocycles. The number of aliphatic carboxylic acids is 1. The van der Waals surface area contributed by atoms with E-state index in [0.717, 1.165) is 31.6 Å². The van der Waals surface area contributed by atoms with Crippen molar-refractivity contribution in [1.29, 1.82) is 0 Å². The Morgan fingerprint density at radius 3 is 2.80 bits per heavy atom. The van der Waals surface area contributed by atoms with Gasteiger partial charge in [0.15, 0.2) is 6.10 Å². The van der Waals surface area contributed by atoms with Gasteiger partial charge in [-0.2, -0.15) is 0 Å². The zero-order valence-corrected chi connectivity index (χ0v) is 16.6. The average molecular weight is 420 g/mol. The van der Waals surface area contributed by atoms with Crippen molar-refractivity contribution in [2.75, 3.05) is 24.5 Å². The van der Waals surface area contributed by atoms with Gasteiger partial charge in [0.05, 0.1) is 0 Å². The van der Waals surface area contributed by atoms with Gasteiger partial charge in [0.1, 0.15) is 24.1 Å². The molecule has 30 heavy (non-hydrogen) atoms. The number of nitrogens with one attached hydrogen (secondary N) is 1. The number of fused-ring (bicyclic) bond motifs is 2. The first-order chi connectivity index (χ1) is 14.4. The molecule has 1 saturated carbocycles. The standard InChI is InChI=1S/C21H28N2O7/c24-16-17(25)19(20(27)28)30-21(18(16)26)29-12-6-11-8-22-4-5-23-9-10-2-1-3-13(10)14(7-12)15(11)23/h6-7,10,13,16-19,21-22,24-26H,1-5,8-9H2,(H,27,28). The molecule has 0 amide bonds. The Bertz CT molecular complexity index is 834. The minimum absolute atomic E-state index is 0.466. The van der Waals surface area contributed by atoms with Crippen LogP contribution in [0.5, 0.6) is 5.75 Å². The van der Waals surface area contributed by atoms with Gasteiger partial charge in [-0.3, -0.25) is 0 Å². The molecule has 0 spiro atoms. The number of carboxylic acid groups (broad SMARTS) is 1. The fourth-order valence-electron chi connectivity index (χ4n) is 5.52. The smallest absolute Gasteiger partial charge is 0.335 e. The van der Waals surface area contributed by atoms with Crippen molar-refractivity contribution in [3.05, 3.63) is 23.3 Å². The maximum Gasteiger partial charge on any atom is 0.335 e. The Morgan fingerprint density at radius 2 is 2.00 bits per heavy atom. The summed E-state index contributed by atoms with van der Waals surface area (Å²) in [5, 5.41) is 43.0. The Hall–Kier alpha value is -1.91. The summed E-state index contributed by atoms with van der Waals surface area (Å²) in [6.45, 7) is 3.62. The number of ether oxygens (including phenoxy) is 2. The third kappa shape index (κ3) is 3.25. The highest BCUT2D eigenvalue weighted by atomic mass is 16.7. The highest BCUT2D eigenvalue weighted by Gasteiger charge is 2.48. The van der Waals surface area contributed by atoms with Crippen LogP contribution in [0, 0.1) is 5.92 Å². The summed E-state index contributed by atoms with van der Waals surface area (Å²) in [6, 6.07) is 3.87. The maximum atomic E-state index is 11.4. The van der Waals surface area contributed by atoms with Gasteiger partial charge in [-0.05, 0) is 47.9 Å². The number of carboxylic acids is 1. The van der Waals surface area contributed by atoms with Crippen LogP contribution in [-0.2, 0) is 16.1 Å². The fourth-order valence-corrected chi connectivity index (χ4v) is 5.52. The van der Waals surface area contributed by atoms with Crippen LogP contribution >= 0.6 is 0 Å². The van der Waals surface area contributed by atoms with Gasteiger partial charge in [0.2, 0.25) is 6.29 Å². The Morgan fingerprint density at radius 1 is 1.17 bits per heavy atom. The first kappa shape index (κ1) is 20.0. The van der Waals surface area contributed by atoms with E-state index in [1.54, 1.807) is 0 Å². The zero-order chi connectivity index (χ0) is 21.0. The van der Waals surface area contributed by atoms with Crippen molar-refractivity contribution in [1.82, 2.24) is 5.32 Å². The van der Waals surface area contributed by atoms with Crippen LogP contribution in [0.4, 0.5) is 5.69 Å². The summed E-state index contributed by atoms with van der Waals surface area (Å²) in [4.78, 5) is 13.8. The summed E-state index contributed by atoms with van der Waals surface area (Å²) >= 11 is 0. The fraction of sp³-hybridized carbons (Fsp3) is 0.667. The van der Waals surface area contributed by atoms with E-state index in [4.69, 9.17) is 9.47 Å². The van der Waals surface area contributed by atoms with Crippen LogP contribution in [0.3, 0.4) is 0 Å². The minimum atomic E-state index is -1.73. The van der Waals surface area contributed by atoms with Crippen LogP contribution in [0.15, 0.2) is 12.1 Å². The van der Waals surface area contributed by atoms with Gasteiger partial charge < -0.3 is 40.1 Å². The van der Waals surface area contributed by atoms with Crippen molar-refractivity contribution in [3.63, 3.8) is 0 Å². The molecule has 0 aromatic heterocycles. The largest absolute Gasteiger partial charge is 0.479 e. The van der Waals surface area contributed by atoms with Gasteiger partial charge in [-0.1, -0.05) is 6.42 Å². The second kappa shape index (κ2) is 7.65. The lowest BCUT2D eigenvalue weighted by molar-refractivity contribution is -0.271. The van der Waals surface area contributed by atoms with E-state index >= 15 is 0 Å². The number of benzene rings is 1. The molecule has 3 aliphatic heterocycles. The highest BCUT2D eigenvalue weighted by Crippen LogP contribution is 2.50. The van der Waals surface area contributed by atoms with E-state index in [9.17, 15) is 25.2 Å². The number of aliphatic hydroxyl groups is 3. The Labute approximate surface area is 174 Å². The number of nitrogens with zero attached hydrogens (tertiary/aromatic N) is 1. The Balaban J connectivity index is 1.48. The number of carbonyl (C=O) groups is 1. The van der Waals surface area contributed by atoms with Crippen molar-refractivity contribution < 1.29 is 34.7 Å². The first-order valence-corrected chi connectivity index (χ1v) is 10.7. The molecular formula is C21H28N2O7. The van der Waals surface area contributed by atoms with E-state index in [1.165, 1.54) is 24.1 Å². The molecule has 1 saturated heterocycles. The van der Waals surface area contributed by atoms with Gasteiger partial charge >= 0.3 is 5.97 Å². The number of hydrogen-bond acceptors (Lipinski definition) is 8. The van der Waals surface area contributed by atoms with Gasteiger partial charge in [0, 0.05) is 31.9 Å². The van der Waals surface area contributed by atoms with Crippen molar-refractivity contribution in [2.24, 2.45) is 5.92 Å². The van der Waals surface area contributed by atoms with Crippen LogP contribution in [0.25, 0.3) is 0 Å². The molecule has 0 bridgehead atoms. The van der Waals surface area contributed by atoms with E-state index in [0.29, 0.717) is 24.1 Å². The lowest BCUT2D eigenvalue weighted by atomic mass is 9.82. The molecule has 7 unspecified atom stereocenters. The van der Waals surface area contributed by atoms with Crippen molar-refractivity contribution in [2.45, 2.75) is 62.4 Å². The van der Waals surface area contributed by atoms with Gasteiger partial charge in [-0.25, -0.2) is 4.79 Å². The number of anilines is 1. The van der Waals surface area contributed by atoms with Crippen molar-refractivity contribution in [3.8, 4) is 5.75 Å². The normalized spacial score (nSPS) is 37.8. The van der Waals surface area contributed by atoms with E-state index < -0.39 is 36.7 Å². The summed E-state index contributed by atoms with van der Waals surface area (Å²) in [5.74, 6) is 0.126. The molecule has 5 N–H and O–H groups in total. The second-order valence-electron chi connectivity index (χ2n) is 8.79. The lowest BCUT2D eigenvalue weighted by Crippen LogP contribution is -2.61. The molecule has 2 fully saturated rings. The summed E-state index contributed by atoms with van der Waals surface area (Å²) < 4.78 is 11.2. The molecule has 4 aliphatic rings. The third-order valence-corrected chi connectivity index (χ3v) is 6.96. The molecule has 5 rings (SSSR count). The predicted molar refractivity (Wildman–Crippen MR) is 105 cm³/mol. The first-order valence-electron chi connectivity index (χ1n) is 10.7. The molecule has 7 atom stereocenters. The predicted octanol–water partition coefficient (Wildman–Crippen LogP) is -0.236. The number of hydrogen-bond donors (Lipinski definition) is 5. The third-order valence-electron chi connectivity index (χ3n) is 6.96. The zero-order valence-electron chi connectivity index (χ0n) is 16.6. The molecule has 164 valence electrons. The van der Waals surface area contributed by atoms with Gasteiger partial charge in [-0.15, -0.1) is 0 Å². The number of rotatable bonds is 3. The van der Waals surface area contributed by atoms with Crippen LogP contribution in [-0.4, -0.2) is 76.7 Å². The van der Waals surface area contributed by atoms with Crippen LogP contribution < -0.4 is 15.0 Å². The molecule has 1 aromatic carbocycles. The van der Waals surface area contributed by atoms with Gasteiger partial charge in [0.25, 0.3) is 0 Å². The summed E-state index contributed by atoms with van der Waals surface area (Å²) in [6.07, 6.45) is -4.51. The molecular weight excluding hydrogens is 392 g/mol. The number of aliphatic hydroxyl groups excluding tert-OH is 3. The molecule has 1 aliphatic carbocycles. The van der Waals surface area contributed by atoms with Crippen LogP contribution in [0.2, 0.25) is 0 Å². The Kier molecular flexibility index (Phi) is 5.11.